The summed E-state index contributed by atoms with van der Waals surface area (Å²) >= 11 is 2.20. The van der Waals surface area contributed by atoms with E-state index in [0.717, 1.165) is 10.8 Å². The number of carbonyl (C=O) groups is 1. The van der Waals surface area contributed by atoms with Gasteiger partial charge in [-0.1, -0.05) is 28.5 Å². The van der Waals surface area contributed by atoms with Gasteiger partial charge in [0, 0.05) is 11.0 Å². The Hall–Kier alpha value is -0.440. The van der Waals surface area contributed by atoms with Crippen molar-refractivity contribution in [2.45, 2.75) is 6.42 Å². The summed E-state index contributed by atoms with van der Waals surface area (Å²) in [4.78, 5) is 11.7. The predicted octanol–water partition coefficient (Wildman–Crippen LogP) is 1.42. The van der Waals surface area contributed by atoms with E-state index in [-0.39, 0.29) is 6.54 Å². The van der Waals surface area contributed by atoms with Crippen LogP contribution in [0.15, 0.2) is 0 Å². The number of alkyl halides is 1. The van der Waals surface area contributed by atoms with Crippen molar-refractivity contribution in [1.82, 2.24) is 4.90 Å². The van der Waals surface area contributed by atoms with Crippen LogP contribution in [-0.2, 0) is 0 Å². The third kappa shape index (κ3) is 4.90. The quantitative estimate of drug-likeness (QED) is 0.475. The number of halogens is 1. The molecule has 0 aromatic carbocycles. The Morgan fingerprint density at radius 1 is 1.73 bits per heavy atom. The monoisotopic (exact) mass is 267 g/mol. The van der Waals surface area contributed by atoms with Gasteiger partial charge in [-0.2, -0.15) is 0 Å². The summed E-state index contributed by atoms with van der Waals surface area (Å²) < 4.78 is 0.951. The molecule has 0 saturated heterocycles. The second kappa shape index (κ2) is 6.28. The molecule has 0 heterocycles. The van der Waals surface area contributed by atoms with E-state index in [9.17, 15) is 4.79 Å². The molecule has 0 saturated carbocycles. The van der Waals surface area contributed by atoms with Crippen molar-refractivity contribution in [1.29, 1.82) is 0 Å². The normalized spacial score (nSPS) is 8.73. The largest absolute Gasteiger partial charge is 0.465 e. The standard InChI is InChI=1S/C7H10INO2/c1-2-5-9(7(10)11)6-3-4-8/h1H,3-6H2,(H,10,11). The Balaban J connectivity index is 3.72. The van der Waals surface area contributed by atoms with E-state index in [2.05, 4.69) is 28.5 Å². The smallest absolute Gasteiger partial charge is 0.408 e. The van der Waals surface area contributed by atoms with Gasteiger partial charge in [-0.25, -0.2) is 4.79 Å². The first-order valence-electron chi connectivity index (χ1n) is 3.19. The van der Waals surface area contributed by atoms with Gasteiger partial charge in [0.15, 0.2) is 0 Å². The molecule has 0 aliphatic heterocycles. The molecule has 0 spiro atoms. The summed E-state index contributed by atoms with van der Waals surface area (Å²) in [6.45, 7) is 0.717. The zero-order chi connectivity index (χ0) is 8.69. The lowest BCUT2D eigenvalue weighted by Gasteiger charge is -2.14. The van der Waals surface area contributed by atoms with E-state index in [0.29, 0.717) is 6.54 Å². The molecule has 0 radical (unpaired) electrons. The Bertz CT molecular complexity index is 164. The summed E-state index contributed by atoms with van der Waals surface area (Å²) in [5, 5.41) is 8.56. The Kier molecular flexibility index (Phi) is 6.03. The third-order valence-electron chi connectivity index (χ3n) is 1.11. The van der Waals surface area contributed by atoms with Gasteiger partial charge in [-0.05, 0) is 6.42 Å². The highest BCUT2D eigenvalue weighted by atomic mass is 127. The van der Waals surface area contributed by atoms with Gasteiger partial charge in [0.25, 0.3) is 0 Å². The predicted molar refractivity (Wildman–Crippen MR) is 51.9 cm³/mol. The molecule has 62 valence electrons. The molecule has 11 heavy (non-hydrogen) atoms. The molecule has 0 unspecified atom stereocenters. The average molecular weight is 267 g/mol. The fraction of sp³-hybridized carbons (Fsp3) is 0.571. The Morgan fingerprint density at radius 2 is 2.36 bits per heavy atom. The van der Waals surface area contributed by atoms with Crippen LogP contribution in [-0.4, -0.2) is 33.6 Å². The zero-order valence-corrected chi connectivity index (χ0v) is 8.24. The molecule has 0 aromatic heterocycles. The van der Waals surface area contributed by atoms with Gasteiger partial charge in [0.1, 0.15) is 0 Å². The first-order chi connectivity index (χ1) is 5.22. The highest BCUT2D eigenvalue weighted by molar-refractivity contribution is 14.1. The summed E-state index contributed by atoms with van der Waals surface area (Å²) in [5.41, 5.74) is 0. The molecule has 1 amide bonds. The van der Waals surface area contributed by atoms with Gasteiger partial charge in [0.05, 0.1) is 6.54 Å². The Labute approximate surface area is 79.9 Å². The molecule has 0 rings (SSSR count). The molecular weight excluding hydrogens is 257 g/mol. The van der Waals surface area contributed by atoms with E-state index in [1.807, 2.05) is 0 Å². The van der Waals surface area contributed by atoms with Gasteiger partial charge in [0.2, 0.25) is 0 Å². The number of rotatable bonds is 4. The van der Waals surface area contributed by atoms with Gasteiger partial charge >= 0.3 is 6.09 Å². The summed E-state index contributed by atoms with van der Waals surface area (Å²) in [6.07, 6.45) is 4.90. The van der Waals surface area contributed by atoms with Crippen LogP contribution < -0.4 is 0 Å². The molecule has 0 aliphatic rings. The Morgan fingerprint density at radius 3 is 2.73 bits per heavy atom. The average Bonchev–Trinajstić information content (AvgIpc) is 1.97. The van der Waals surface area contributed by atoms with E-state index >= 15 is 0 Å². The second-order valence-corrected chi connectivity index (χ2v) is 3.03. The fourth-order valence-corrected chi connectivity index (χ4v) is 0.944. The van der Waals surface area contributed by atoms with E-state index in [1.54, 1.807) is 0 Å². The fourth-order valence-electron chi connectivity index (χ4n) is 0.603. The number of hydrogen-bond donors (Lipinski definition) is 1. The molecular formula is C7H10INO2. The molecule has 0 aliphatic carbocycles. The van der Waals surface area contributed by atoms with Crippen LogP contribution >= 0.6 is 22.6 Å². The van der Waals surface area contributed by atoms with Crippen molar-refractivity contribution in [3.8, 4) is 12.3 Å². The zero-order valence-electron chi connectivity index (χ0n) is 6.09. The van der Waals surface area contributed by atoms with Crippen molar-refractivity contribution in [2.24, 2.45) is 0 Å². The number of terminal acetylenes is 1. The maximum absolute atomic E-state index is 10.4. The molecule has 0 fully saturated rings. The minimum Gasteiger partial charge on any atom is -0.465 e. The number of nitrogens with zero attached hydrogens (tertiary/aromatic N) is 1. The lowest BCUT2D eigenvalue weighted by molar-refractivity contribution is 0.151. The van der Waals surface area contributed by atoms with E-state index in [1.165, 1.54) is 4.90 Å². The van der Waals surface area contributed by atoms with Crippen molar-refractivity contribution in [2.75, 3.05) is 17.5 Å². The molecule has 3 nitrogen and oxygen atoms in total. The van der Waals surface area contributed by atoms with Crippen LogP contribution in [0.25, 0.3) is 0 Å². The second-order valence-electron chi connectivity index (χ2n) is 1.95. The molecule has 1 N–H and O–H groups in total. The van der Waals surface area contributed by atoms with Crippen molar-refractivity contribution >= 4 is 28.7 Å². The summed E-state index contributed by atoms with van der Waals surface area (Å²) in [7, 11) is 0. The third-order valence-corrected chi connectivity index (χ3v) is 1.88. The minimum absolute atomic E-state index is 0.186. The highest BCUT2D eigenvalue weighted by Crippen LogP contribution is 1.94. The van der Waals surface area contributed by atoms with Gasteiger partial charge < -0.3 is 5.11 Å². The first-order valence-corrected chi connectivity index (χ1v) is 4.72. The summed E-state index contributed by atoms with van der Waals surface area (Å²) in [6, 6.07) is 0. The molecule has 4 heteroatoms. The minimum atomic E-state index is -0.937. The van der Waals surface area contributed by atoms with Crippen LogP contribution in [0.1, 0.15) is 6.42 Å². The highest BCUT2D eigenvalue weighted by Gasteiger charge is 2.07. The van der Waals surface area contributed by atoms with Crippen LogP contribution in [0, 0.1) is 12.3 Å². The maximum atomic E-state index is 10.4. The molecule has 0 bridgehead atoms. The van der Waals surface area contributed by atoms with Crippen molar-refractivity contribution in [3.05, 3.63) is 0 Å². The van der Waals surface area contributed by atoms with Crippen LogP contribution in [0.3, 0.4) is 0 Å². The van der Waals surface area contributed by atoms with Crippen molar-refractivity contribution in [3.63, 3.8) is 0 Å². The van der Waals surface area contributed by atoms with E-state index < -0.39 is 6.09 Å². The van der Waals surface area contributed by atoms with Gasteiger partial charge in [-0.3, -0.25) is 4.90 Å². The first kappa shape index (κ1) is 10.6. The summed E-state index contributed by atoms with van der Waals surface area (Å²) in [5.74, 6) is 2.30. The van der Waals surface area contributed by atoms with Crippen molar-refractivity contribution < 1.29 is 9.90 Å². The van der Waals surface area contributed by atoms with Crippen LogP contribution in [0.4, 0.5) is 4.79 Å². The van der Waals surface area contributed by atoms with E-state index in [4.69, 9.17) is 11.5 Å². The lowest BCUT2D eigenvalue weighted by Crippen LogP contribution is -2.30. The van der Waals surface area contributed by atoms with Crippen LogP contribution in [0.2, 0.25) is 0 Å². The number of hydrogen-bond acceptors (Lipinski definition) is 1. The molecule has 0 aromatic rings. The van der Waals surface area contributed by atoms with Gasteiger partial charge in [-0.15, -0.1) is 6.42 Å². The topological polar surface area (TPSA) is 40.5 Å². The maximum Gasteiger partial charge on any atom is 0.408 e. The van der Waals surface area contributed by atoms with Crippen LogP contribution in [0.5, 0.6) is 0 Å². The SMILES string of the molecule is C#CCN(CCCI)C(=O)O. The molecule has 0 atom stereocenters. The number of carboxylic acid groups (broad SMARTS) is 1. The lowest BCUT2D eigenvalue weighted by atomic mass is 10.4. The number of amides is 1.